The van der Waals surface area contributed by atoms with Crippen molar-refractivity contribution in [2.45, 2.75) is 25.2 Å². The number of rotatable bonds is 8. The lowest BCUT2D eigenvalue weighted by Gasteiger charge is -2.23. The molecule has 4 heteroatoms. The minimum atomic E-state index is -0.152. The highest BCUT2D eigenvalue weighted by Gasteiger charge is 2.37. The fourth-order valence-corrected chi connectivity index (χ4v) is 8.79. The van der Waals surface area contributed by atoms with Crippen molar-refractivity contribution in [3.63, 3.8) is 0 Å². The monoisotopic (exact) mass is 759 g/mol. The Kier molecular flexibility index (Phi) is 9.03. The number of nitrogens with zero attached hydrogens (tertiary/aromatic N) is 3. The molecule has 2 heterocycles. The standard InChI is InChI=1S/C55H41N3O/c1-4-18-48-45(51-43(27-17-30-49(51)59-48)54-57-52(39-21-10-6-11-22-39)56-53(58-54)40-23-12-7-13-24-40)35-44(38-33-31-37(32-34-38)36-19-8-5-9-20-36)41-26-16-29-47-50(41)42-25-14-15-28-46(42)55(47,2)3/h4-35,44H,1H2,2-3H3/b45-35+,48-18+. The highest BCUT2D eigenvalue weighted by Crippen LogP contribution is 2.52. The quantitative estimate of drug-likeness (QED) is 0.155. The SMILES string of the molecule is C=C/C=c1/oc2cccc(-c3nc(-c4ccccc4)nc(-c4ccccc4)n3)c2/c1=C/C(c1ccc(-c2ccccc2)cc1)c1cccc2c1-c1ccccc1C2(C)C. The van der Waals surface area contributed by atoms with E-state index in [4.69, 9.17) is 19.4 Å². The average Bonchev–Trinajstić information content (AvgIpc) is 3.77. The summed E-state index contributed by atoms with van der Waals surface area (Å²) in [5, 5.41) is 1.89. The first-order valence-electron chi connectivity index (χ1n) is 20.1. The summed E-state index contributed by atoms with van der Waals surface area (Å²) in [5.74, 6) is 1.64. The molecule has 9 aromatic rings. The maximum Gasteiger partial charge on any atom is 0.164 e. The maximum absolute atomic E-state index is 6.73. The Morgan fingerprint density at radius 2 is 1.07 bits per heavy atom. The van der Waals surface area contributed by atoms with Crippen molar-refractivity contribution in [2.75, 3.05) is 0 Å². The van der Waals surface area contributed by atoms with Gasteiger partial charge in [-0.3, -0.25) is 0 Å². The number of hydrogen-bond donors (Lipinski definition) is 0. The zero-order valence-corrected chi connectivity index (χ0v) is 33.0. The molecule has 4 nitrogen and oxygen atoms in total. The maximum atomic E-state index is 6.73. The number of hydrogen-bond acceptors (Lipinski definition) is 4. The molecule has 7 aromatic carbocycles. The van der Waals surface area contributed by atoms with Crippen LogP contribution < -0.4 is 10.6 Å². The fraction of sp³-hybridized carbons (Fsp3) is 0.0727. The van der Waals surface area contributed by atoms with Crippen molar-refractivity contribution < 1.29 is 4.42 Å². The van der Waals surface area contributed by atoms with Crippen LogP contribution in [0.15, 0.2) is 193 Å². The second-order valence-electron chi connectivity index (χ2n) is 15.6. The van der Waals surface area contributed by atoms with E-state index in [-0.39, 0.29) is 11.3 Å². The van der Waals surface area contributed by atoms with E-state index in [0.29, 0.717) is 17.5 Å². The van der Waals surface area contributed by atoms with Crippen molar-refractivity contribution >= 4 is 23.1 Å². The molecule has 2 aromatic heterocycles. The first kappa shape index (κ1) is 35.9. The summed E-state index contributed by atoms with van der Waals surface area (Å²) in [6.07, 6.45) is 6.13. The Labute approximate surface area is 344 Å². The third-order valence-electron chi connectivity index (χ3n) is 11.7. The molecule has 0 N–H and O–H groups in total. The molecule has 0 radical (unpaired) electrons. The normalized spacial score (nSPS) is 13.9. The number of furan rings is 1. The minimum Gasteiger partial charge on any atom is -0.456 e. The molecule has 0 fully saturated rings. The summed E-state index contributed by atoms with van der Waals surface area (Å²) in [7, 11) is 0. The van der Waals surface area contributed by atoms with Crippen LogP contribution in [-0.2, 0) is 5.41 Å². The van der Waals surface area contributed by atoms with Gasteiger partial charge in [0.2, 0.25) is 0 Å². The molecule has 0 amide bonds. The van der Waals surface area contributed by atoms with Gasteiger partial charge >= 0.3 is 0 Å². The van der Waals surface area contributed by atoms with Crippen molar-refractivity contribution in [1.29, 1.82) is 0 Å². The summed E-state index contributed by atoms with van der Waals surface area (Å²) < 4.78 is 6.73. The number of fused-ring (bicyclic) bond motifs is 4. The van der Waals surface area contributed by atoms with Crippen LogP contribution in [0.5, 0.6) is 0 Å². The van der Waals surface area contributed by atoms with E-state index >= 15 is 0 Å². The first-order chi connectivity index (χ1) is 29.0. The van der Waals surface area contributed by atoms with Gasteiger partial charge in [0.05, 0.1) is 0 Å². The fourth-order valence-electron chi connectivity index (χ4n) is 8.79. The molecule has 282 valence electrons. The second-order valence-corrected chi connectivity index (χ2v) is 15.6. The van der Waals surface area contributed by atoms with E-state index in [9.17, 15) is 0 Å². The molecular weight excluding hydrogens is 719 g/mol. The predicted molar refractivity (Wildman–Crippen MR) is 242 cm³/mol. The average molecular weight is 760 g/mol. The van der Waals surface area contributed by atoms with Crippen molar-refractivity contribution in [2.24, 2.45) is 0 Å². The van der Waals surface area contributed by atoms with Gasteiger partial charge in [0.15, 0.2) is 17.5 Å². The van der Waals surface area contributed by atoms with E-state index in [0.717, 1.165) is 38.3 Å². The van der Waals surface area contributed by atoms with Crippen LogP contribution in [0.4, 0.5) is 0 Å². The molecule has 1 aliphatic rings. The van der Waals surface area contributed by atoms with Gasteiger partial charge in [-0.25, -0.2) is 15.0 Å². The summed E-state index contributed by atoms with van der Waals surface area (Å²) in [6, 6.07) is 61.6. The largest absolute Gasteiger partial charge is 0.456 e. The van der Waals surface area contributed by atoms with E-state index in [2.05, 4.69) is 130 Å². The summed E-state index contributed by atoms with van der Waals surface area (Å²) >= 11 is 0. The van der Waals surface area contributed by atoms with Gasteiger partial charge in [0.1, 0.15) is 11.0 Å². The number of allylic oxidation sites excluding steroid dienone is 1. The van der Waals surface area contributed by atoms with Crippen LogP contribution in [-0.4, -0.2) is 15.0 Å². The molecule has 0 spiro atoms. The van der Waals surface area contributed by atoms with Crippen molar-refractivity contribution in [3.8, 4) is 56.4 Å². The zero-order chi connectivity index (χ0) is 39.9. The third kappa shape index (κ3) is 6.40. The lowest BCUT2D eigenvalue weighted by atomic mass is 9.80. The highest BCUT2D eigenvalue weighted by molar-refractivity contribution is 5.94. The molecule has 0 saturated carbocycles. The van der Waals surface area contributed by atoms with Crippen molar-refractivity contribution in [3.05, 3.63) is 221 Å². The van der Waals surface area contributed by atoms with Gasteiger partial charge < -0.3 is 4.42 Å². The molecule has 59 heavy (non-hydrogen) atoms. The second kappa shape index (κ2) is 14.8. The molecule has 0 bridgehead atoms. The van der Waals surface area contributed by atoms with Gasteiger partial charge in [-0.15, -0.1) is 0 Å². The van der Waals surface area contributed by atoms with Crippen LogP contribution in [0.3, 0.4) is 0 Å². The van der Waals surface area contributed by atoms with Gasteiger partial charge in [0, 0.05) is 38.6 Å². The van der Waals surface area contributed by atoms with E-state index < -0.39 is 0 Å². The molecule has 10 rings (SSSR count). The summed E-state index contributed by atoms with van der Waals surface area (Å²) in [6.45, 7) is 8.77. The Morgan fingerprint density at radius 3 is 1.73 bits per heavy atom. The van der Waals surface area contributed by atoms with Crippen LogP contribution in [0.1, 0.15) is 42.0 Å². The Balaban J connectivity index is 1.26. The van der Waals surface area contributed by atoms with E-state index in [1.807, 2.05) is 78.9 Å². The van der Waals surface area contributed by atoms with Crippen LogP contribution in [0.2, 0.25) is 0 Å². The Hall–Kier alpha value is -7.43. The van der Waals surface area contributed by atoms with Crippen molar-refractivity contribution in [1.82, 2.24) is 15.0 Å². The lowest BCUT2D eigenvalue weighted by molar-refractivity contribution is 0.575. The van der Waals surface area contributed by atoms with Gasteiger partial charge in [-0.05, 0) is 56.6 Å². The summed E-state index contributed by atoms with van der Waals surface area (Å²) in [4.78, 5) is 15.3. The smallest absolute Gasteiger partial charge is 0.164 e. The molecule has 1 unspecified atom stereocenters. The zero-order valence-electron chi connectivity index (χ0n) is 33.0. The molecule has 0 saturated heterocycles. The number of benzene rings is 7. The van der Waals surface area contributed by atoms with Crippen LogP contribution >= 0.6 is 0 Å². The van der Waals surface area contributed by atoms with Crippen LogP contribution in [0, 0.1) is 0 Å². The Bertz CT molecular complexity index is 3070. The minimum absolute atomic E-state index is 0.146. The molecular formula is C55H41N3O. The predicted octanol–water partition coefficient (Wildman–Crippen LogP) is 12.2. The number of aromatic nitrogens is 3. The Morgan fingerprint density at radius 1 is 0.525 bits per heavy atom. The highest BCUT2D eigenvalue weighted by atomic mass is 16.3. The summed E-state index contributed by atoms with van der Waals surface area (Å²) in [5.41, 5.74) is 14.0. The van der Waals surface area contributed by atoms with Gasteiger partial charge in [-0.2, -0.15) is 0 Å². The topological polar surface area (TPSA) is 51.8 Å². The molecule has 1 aliphatic carbocycles. The van der Waals surface area contributed by atoms with Gasteiger partial charge in [-0.1, -0.05) is 202 Å². The molecule has 1 atom stereocenters. The van der Waals surface area contributed by atoms with E-state index in [1.165, 1.54) is 44.5 Å². The third-order valence-corrected chi connectivity index (χ3v) is 11.7. The van der Waals surface area contributed by atoms with Gasteiger partial charge in [0.25, 0.3) is 0 Å². The first-order valence-corrected chi connectivity index (χ1v) is 20.1. The van der Waals surface area contributed by atoms with E-state index in [1.54, 1.807) is 6.08 Å². The lowest BCUT2D eigenvalue weighted by Crippen LogP contribution is -2.22. The van der Waals surface area contributed by atoms with Crippen LogP contribution in [0.25, 0.3) is 79.5 Å². The molecule has 0 aliphatic heterocycles.